The molecule has 1 aromatic heterocycles. The second-order valence-corrected chi connectivity index (χ2v) is 5.09. The molecule has 0 atom stereocenters. The van der Waals surface area contributed by atoms with Gasteiger partial charge in [0.2, 0.25) is 0 Å². The number of para-hydroxylation sites is 1. The van der Waals surface area contributed by atoms with Crippen LogP contribution in [0.5, 0.6) is 0 Å². The number of nitrogens with one attached hydrogen (secondary N) is 1. The number of aromatic carboxylic acids is 1. The first-order valence-corrected chi connectivity index (χ1v) is 8.13. The van der Waals surface area contributed by atoms with Crippen LogP contribution in [0, 0.1) is 0 Å². The van der Waals surface area contributed by atoms with Gasteiger partial charge >= 0.3 is 5.97 Å². The lowest BCUT2D eigenvalue weighted by molar-refractivity contribution is 0.0697. The summed E-state index contributed by atoms with van der Waals surface area (Å²) in [6.45, 7) is 0. The van der Waals surface area contributed by atoms with Crippen LogP contribution >= 0.6 is 0 Å². The average Bonchev–Trinajstić information content (AvgIpc) is 2.66. The molecule has 2 aromatic rings. The summed E-state index contributed by atoms with van der Waals surface area (Å²) < 4.78 is 5.36. The largest absolute Gasteiger partial charge is 0.478 e. The van der Waals surface area contributed by atoms with Crippen LogP contribution in [0.4, 0.5) is 0 Å². The quantitative estimate of drug-likeness (QED) is 0.765. The predicted molar refractivity (Wildman–Crippen MR) is 104 cm³/mol. The summed E-state index contributed by atoms with van der Waals surface area (Å²) in [4.78, 5) is 11.2. The lowest BCUT2D eigenvalue weighted by Crippen LogP contribution is -1.93. The molecule has 6 nitrogen and oxygen atoms in total. The Labute approximate surface area is 156 Å². The van der Waals surface area contributed by atoms with Gasteiger partial charge in [0.05, 0.1) is 11.8 Å². The Balaban J connectivity index is 2.57. The van der Waals surface area contributed by atoms with E-state index in [1.807, 2.05) is 60.7 Å². The summed E-state index contributed by atoms with van der Waals surface area (Å²) >= 11 is 0. The maximum absolute atomic E-state index is 11.2. The number of aromatic amines is 1. The summed E-state index contributed by atoms with van der Waals surface area (Å²) in [5, 5.41) is 19.7. The highest BCUT2D eigenvalue weighted by atomic mass is 16.5. The molecule has 1 heterocycles. The molecule has 2 rings (SSSR count). The Bertz CT molecular complexity index is 993. The van der Waals surface area contributed by atoms with Gasteiger partial charge < -0.3 is 9.63 Å². The number of aromatic nitrogens is 3. The van der Waals surface area contributed by atoms with Crippen molar-refractivity contribution < 1.29 is 14.4 Å². The molecule has 0 spiro atoms. The highest BCUT2D eigenvalue weighted by Crippen LogP contribution is 2.07. The van der Waals surface area contributed by atoms with Crippen molar-refractivity contribution in [3.8, 4) is 0 Å². The van der Waals surface area contributed by atoms with E-state index in [9.17, 15) is 4.79 Å². The van der Waals surface area contributed by atoms with Gasteiger partial charge in [-0.15, -0.1) is 10.4 Å². The number of nitrogens with zero attached hydrogens (tertiary/aromatic N) is 2. The molecule has 0 bridgehead atoms. The lowest BCUT2D eigenvalue weighted by Gasteiger charge is -1.88. The zero-order valence-corrected chi connectivity index (χ0v) is 14.5. The molecule has 27 heavy (non-hydrogen) atoms. The van der Waals surface area contributed by atoms with Gasteiger partial charge in [0, 0.05) is 5.39 Å². The standard InChI is InChI=1S/C21H19N3O3/c25-21(26)19-14-9-7-5-3-1-2-4-6-8-12-18-13-10-11-15-20(18)27-24-23-22-17-16-19/h1-17H,(H,22,24)(H,25,26). The molecular formula is C21H19N3O3. The van der Waals surface area contributed by atoms with E-state index in [4.69, 9.17) is 9.63 Å². The molecule has 0 aliphatic heterocycles. The Morgan fingerprint density at radius 2 is 1.33 bits per heavy atom. The monoisotopic (exact) mass is 361 g/mol. The van der Waals surface area contributed by atoms with Crippen molar-refractivity contribution in [1.29, 1.82) is 0 Å². The topological polar surface area (TPSA) is 92.0 Å². The Kier molecular flexibility index (Phi) is 8.33. The molecule has 0 saturated heterocycles. The highest BCUT2D eigenvalue weighted by molar-refractivity contribution is 5.87. The molecule has 0 radical (unpaired) electrons. The number of fused-ring (bicyclic) bond motifs is 1. The van der Waals surface area contributed by atoms with Gasteiger partial charge in [-0.2, -0.15) is 0 Å². The molecule has 0 aliphatic carbocycles. The van der Waals surface area contributed by atoms with Crippen molar-refractivity contribution in [3.63, 3.8) is 0 Å². The van der Waals surface area contributed by atoms with Gasteiger partial charge in [0.25, 0.3) is 0 Å². The fraction of sp³-hybridized carbons (Fsp3) is 0. The second kappa shape index (κ2) is 11.6. The highest BCUT2D eigenvalue weighted by Gasteiger charge is 1.95. The number of H-pyrrole nitrogens is 1. The van der Waals surface area contributed by atoms with E-state index in [2.05, 4.69) is 15.6 Å². The van der Waals surface area contributed by atoms with Crippen LogP contribution in [0.3, 0.4) is 0 Å². The van der Waals surface area contributed by atoms with E-state index in [1.54, 1.807) is 24.3 Å². The van der Waals surface area contributed by atoms with E-state index in [0.29, 0.717) is 5.58 Å². The minimum Gasteiger partial charge on any atom is -0.478 e. The molecule has 2 N–H and O–H groups in total. The second-order valence-electron chi connectivity index (χ2n) is 5.09. The van der Waals surface area contributed by atoms with Crippen LogP contribution < -0.4 is 0 Å². The maximum Gasteiger partial charge on any atom is 0.335 e. The Morgan fingerprint density at radius 1 is 0.778 bits per heavy atom. The minimum absolute atomic E-state index is 0.0721. The number of carbonyl (C=O) groups is 1. The third-order valence-electron chi connectivity index (χ3n) is 3.18. The molecule has 1 aromatic carbocycles. The summed E-state index contributed by atoms with van der Waals surface area (Å²) in [7, 11) is 0. The molecule has 0 unspecified atom stereocenters. The summed E-state index contributed by atoms with van der Waals surface area (Å²) in [5.74, 6) is -1.06. The Morgan fingerprint density at radius 3 is 2.00 bits per heavy atom. The zero-order valence-electron chi connectivity index (χ0n) is 14.5. The lowest BCUT2D eigenvalue weighted by atomic mass is 10.2. The fourth-order valence-electron chi connectivity index (χ4n) is 1.92. The van der Waals surface area contributed by atoms with Crippen LogP contribution in [0.2, 0.25) is 0 Å². The van der Waals surface area contributed by atoms with Crippen molar-refractivity contribution in [2.45, 2.75) is 0 Å². The first kappa shape index (κ1) is 19.4. The molecule has 0 aliphatic rings. The number of benzene rings is 1. The molecule has 136 valence electrons. The van der Waals surface area contributed by atoms with Gasteiger partial charge in [-0.25, -0.2) is 4.79 Å². The number of hydrogen-bond donors (Lipinski definition) is 2. The van der Waals surface area contributed by atoms with Crippen LogP contribution in [0.25, 0.3) is 11.0 Å². The van der Waals surface area contributed by atoms with Crippen LogP contribution in [-0.2, 0) is 0 Å². The maximum atomic E-state index is 11.2. The number of rotatable bonds is 1. The zero-order chi connectivity index (χ0) is 19.2. The van der Waals surface area contributed by atoms with Crippen molar-refractivity contribution in [2.75, 3.05) is 0 Å². The fourth-order valence-corrected chi connectivity index (χ4v) is 1.92. The minimum atomic E-state index is -1.06. The molecule has 0 fully saturated rings. The number of carboxylic acid groups (broad SMARTS) is 1. The van der Waals surface area contributed by atoms with Gasteiger partial charge in [-0.1, -0.05) is 78.9 Å². The molecule has 0 saturated carbocycles. The number of carboxylic acids is 1. The van der Waals surface area contributed by atoms with E-state index in [1.165, 1.54) is 18.3 Å². The first-order chi connectivity index (χ1) is 13.3. The third kappa shape index (κ3) is 7.66. The van der Waals surface area contributed by atoms with Crippen LogP contribution in [0.1, 0.15) is 10.4 Å². The van der Waals surface area contributed by atoms with Crippen LogP contribution in [-0.4, -0.2) is 26.7 Å². The SMILES string of the molecule is O=C(O)c1cccccccccccc2ccccc2o[nH]nncc1. The van der Waals surface area contributed by atoms with E-state index < -0.39 is 5.97 Å². The van der Waals surface area contributed by atoms with E-state index in [-0.39, 0.29) is 5.56 Å². The van der Waals surface area contributed by atoms with Crippen molar-refractivity contribution in [1.82, 2.24) is 15.6 Å². The van der Waals surface area contributed by atoms with Crippen molar-refractivity contribution in [2.24, 2.45) is 0 Å². The molecule has 6 heteroatoms. The average molecular weight is 361 g/mol. The van der Waals surface area contributed by atoms with Gasteiger partial charge in [-0.05, 0) is 23.4 Å². The Hall–Kier alpha value is -3.93. The molecular weight excluding hydrogens is 342 g/mol. The van der Waals surface area contributed by atoms with Crippen LogP contribution in [0.15, 0.2) is 108 Å². The summed E-state index contributed by atoms with van der Waals surface area (Å²) in [6.07, 6.45) is 1.26. The van der Waals surface area contributed by atoms with Gasteiger partial charge in [0.1, 0.15) is 0 Å². The van der Waals surface area contributed by atoms with Crippen molar-refractivity contribution >= 4 is 16.9 Å². The molecule has 0 amide bonds. The van der Waals surface area contributed by atoms with E-state index in [0.717, 1.165) is 5.39 Å². The first-order valence-electron chi connectivity index (χ1n) is 8.13. The summed E-state index contributed by atoms with van der Waals surface area (Å²) in [6, 6.07) is 28.6. The normalized spacial score (nSPS) is 9.04. The predicted octanol–water partition coefficient (Wildman–Crippen LogP) is 4.75. The van der Waals surface area contributed by atoms with Gasteiger partial charge in [0.15, 0.2) is 5.58 Å². The smallest absolute Gasteiger partial charge is 0.335 e. The van der Waals surface area contributed by atoms with Crippen molar-refractivity contribution in [3.05, 3.63) is 109 Å². The van der Waals surface area contributed by atoms with Gasteiger partial charge in [-0.3, -0.25) is 0 Å². The van der Waals surface area contributed by atoms with E-state index >= 15 is 0 Å². The summed E-state index contributed by atoms with van der Waals surface area (Å²) in [5.41, 5.74) is 0.650. The number of hydrogen-bond acceptors (Lipinski definition) is 4. The third-order valence-corrected chi connectivity index (χ3v) is 3.18.